The zero-order valence-electron chi connectivity index (χ0n) is 18.2. The van der Waals surface area contributed by atoms with Crippen LogP contribution in [-0.4, -0.2) is 70.7 Å². The third kappa shape index (κ3) is 5.15. The van der Waals surface area contributed by atoms with E-state index in [0.29, 0.717) is 19.6 Å². The van der Waals surface area contributed by atoms with Crippen molar-refractivity contribution in [3.05, 3.63) is 29.3 Å². The van der Waals surface area contributed by atoms with Crippen LogP contribution in [0.4, 0.5) is 4.39 Å². The third-order valence-corrected chi connectivity index (χ3v) is 5.28. The molecule has 0 bridgehead atoms. The number of aromatic nitrogens is 1. The van der Waals surface area contributed by atoms with Crippen molar-refractivity contribution < 1.29 is 23.8 Å². The third-order valence-electron chi connectivity index (χ3n) is 5.28. The first-order valence-corrected chi connectivity index (χ1v) is 10.1. The molecule has 0 aromatic carbocycles. The van der Waals surface area contributed by atoms with Crippen LogP contribution in [0.3, 0.4) is 0 Å². The lowest BCUT2D eigenvalue weighted by Gasteiger charge is -2.47. The Hall–Kier alpha value is -2.50. The SMILES string of the molecule is CC#Cc1ccnc([C@@H](CCOC)N2CC(C)N(C(=O)C(C)C)[C@@H](C(=O)O)C2)c1F. The highest BCUT2D eigenvalue weighted by Gasteiger charge is 2.42. The fourth-order valence-electron chi connectivity index (χ4n) is 3.88. The second kappa shape index (κ2) is 10.5. The minimum absolute atomic E-state index is 0.0807. The van der Waals surface area contributed by atoms with E-state index in [9.17, 15) is 14.7 Å². The maximum Gasteiger partial charge on any atom is 0.327 e. The number of methoxy groups -OCH3 is 1. The molecule has 1 aliphatic heterocycles. The van der Waals surface area contributed by atoms with Gasteiger partial charge in [-0.1, -0.05) is 19.8 Å². The zero-order chi connectivity index (χ0) is 22.4. The van der Waals surface area contributed by atoms with Crippen LogP contribution in [-0.2, 0) is 14.3 Å². The van der Waals surface area contributed by atoms with Gasteiger partial charge in [0.05, 0.1) is 17.3 Å². The summed E-state index contributed by atoms with van der Waals surface area (Å²) >= 11 is 0. The van der Waals surface area contributed by atoms with E-state index in [1.165, 1.54) is 17.2 Å². The molecule has 7 nitrogen and oxygen atoms in total. The van der Waals surface area contributed by atoms with Crippen molar-refractivity contribution in [3.63, 3.8) is 0 Å². The van der Waals surface area contributed by atoms with Crippen LogP contribution in [0.5, 0.6) is 0 Å². The second-order valence-electron chi connectivity index (χ2n) is 7.79. The van der Waals surface area contributed by atoms with Gasteiger partial charge in [0.2, 0.25) is 5.91 Å². The molecule has 1 aliphatic rings. The maximum atomic E-state index is 15.1. The van der Waals surface area contributed by atoms with Gasteiger partial charge in [-0.2, -0.15) is 0 Å². The minimum atomic E-state index is -1.08. The van der Waals surface area contributed by atoms with Gasteiger partial charge in [-0.05, 0) is 26.3 Å². The molecular formula is C22H30FN3O4. The summed E-state index contributed by atoms with van der Waals surface area (Å²) in [5.74, 6) is 3.33. The molecular weight excluding hydrogens is 389 g/mol. The number of piperazine rings is 1. The summed E-state index contributed by atoms with van der Waals surface area (Å²) in [6.45, 7) is 7.79. The molecule has 1 fully saturated rings. The first kappa shape index (κ1) is 23.8. The number of amides is 1. The predicted molar refractivity (Wildman–Crippen MR) is 110 cm³/mol. The van der Waals surface area contributed by atoms with Crippen LogP contribution < -0.4 is 0 Å². The van der Waals surface area contributed by atoms with Gasteiger partial charge in [0.15, 0.2) is 5.82 Å². The topological polar surface area (TPSA) is 83.0 Å². The Balaban J connectivity index is 2.43. The maximum absolute atomic E-state index is 15.1. The average molecular weight is 419 g/mol. The highest BCUT2D eigenvalue weighted by molar-refractivity contribution is 5.85. The number of carbonyl (C=O) groups excluding carboxylic acids is 1. The Morgan fingerprint density at radius 2 is 2.10 bits per heavy atom. The molecule has 0 saturated carbocycles. The van der Waals surface area contributed by atoms with E-state index in [1.807, 2.05) is 11.8 Å². The number of hydrogen-bond acceptors (Lipinski definition) is 5. The van der Waals surface area contributed by atoms with Crippen LogP contribution in [0.1, 0.15) is 51.4 Å². The van der Waals surface area contributed by atoms with Crippen LogP contribution >= 0.6 is 0 Å². The van der Waals surface area contributed by atoms with Gasteiger partial charge in [-0.3, -0.25) is 14.7 Å². The van der Waals surface area contributed by atoms with Crippen molar-refractivity contribution in [2.24, 2.45) is 5.92 Å². The Morgan fingerprint density at radius 1 is 1.40 bits per heavy atom. The molecule has 8 heteroatoms. The van der Waals surface area contributed by atoms with Gasteiger partial charge in [0.1, 0.15) is 6.04 Å². The normalized spacial score (nSPS) is 20.6. The Labute approximate surface area is 177 Å². The Kier molecular flexibility index (Phi) is 8.33. The van der Waals surface area contributed by atoms with Gasteiger partial charge >= 0.3 is 5.97 Å². The van der Waals surface area contributed by atoms with Crippen molar-refractivity contribution >= 4 is 11.9 Å². The van der Waals surface area contributed by atoms with Crippen molar-refractivity contribution in [2.45, 2.75) is 52.2 Å². The molecule has 30 heavy (non-hydrogen) atoms. The predicted octanol–water partition coefficient (Wildman–Crippen LogP) is 2.31. The number of carbonyl (C=O) groups is 2. The standard InChI is InChI=1S/C22H30FN3O4/c1-6-7-16-8-10-24-20(19(16)23)17(9-11-30-5)25-12-15(4)26(21(27)14(2)3)18(13-25)22(28)29/h8,10,14-15,17-18H,9,11-13H2,1-5H3,(H,28,29)/t15?,17-,18-/m1/s1. The van der Waals surface area contributed by atoms with Crippen molar-refractivity contribution in [1.29, 1.82) is 0 Å². The lowest BCUT2D eigenvalue weighted by Crippen LogP contribution is -2.63. The molecule has 1 unspecified atom stereocenters. The lowest BCUT2D eigenvalue weighted by atomic mass is 9.98. The van der Waals surface area contributed by atoms with E-state index in [1.54, 1.807) is 27.9 Å². The number of nitrogens with zero attached hydrogens (tertiary/aromatic N) is 3. The first-order valence-electron chi connectivity index (χ1n) is 10.1. The van der Waals surface area contributed by atoms with Crippen LogP contribution in [0, 0.1) is 23.6 Å². The van der Waals surface area contributed by atoms with E-state index in [2.05, 4.69) is 16.8 Å². The average Bonchev–Trinajstić information content (AvgIpc) is 2.69. The summed E-state index contributed by atoms with van der Waals surface area (Å²) in [6.07, 6.45) is 1.94. The zero-order valence-corrected chi connectivity index (χ0v) is 18.2. The number of rotatable bonds is 7. The summed E-state index contributed by atoms with van der Waals surface area (Å²) < 4.78 is 20.4. The molecule has 164 valence electrons. The van der Waals surface area contributed by atoms with E-state index in [0.717, 1.165) is 0 Å². The number of pyridine rings is 1. The highest BCUT2D eigenvalue weighted by Crippen LogP contribution is 2.31. The highest BCUT2D eigenvalue weighted by atomic mass is 19.1. The summed E-state index contributed by atoms with van der Waals surface area (Å²) in [5.41, 5.74) is 0.466. The minimum Gasteiger partial charge on any atom is -0.480 e. The summed E-state index contributed by atoms with van der Waals surface area (Å²) in [5, 5.41) is 9.82. The molecule has 0 aliphatic carbocycles. The first-order chi connectivity index (χ1) is 14.2. The summed E-state index contributed by atoms with van der Waals surface area (Å²) in [4.78, 5) is 32.3. The van der Waals surface area contributed by atoms with Crippen molar-refractivity contribution in [2.75, 3.05) is 26.8 Å². The molecule has 1 saturated heterocycles. The van der Waals surface area contributed by atoms with Crippen LogP contribution in [0.2, 0.25) is 0 Å². The summed E-state index contributed by atoms with van der Waals surface area (Å²) in [7, 11) is 1.56. The van der Waals surface area contributed by atoms with Gasteiger partial charge in [-0.15, -0.1) is 5.92 Å². The summed E-state index contributed by atoms with van der Waals surface area (Å²) in [6, 6.07) is -0.342. The monoisotopic (exact) mass is 419 g/mol. The molecule has 1 N–H and O–H groups in total. The quantitative estimate of drug-likeness (QED) is 0.683. The van der Waals surface area contributed by atoms with Gasteiger partial charge in [0, 0.05) is 45.0 Å². The lowest BCUT2D eigenvalue weighted by molar-refractivity contribution is -0.159. The molecule has 0 radical (unpaired) electrons. The fraction of sp³-hybridized carbons (Fsp3) is 0.591. The van der Waals surface area contributed by atoms with Crippen molar-refractivity contribution in [1.82, 2.24) is 14.8 Å². The number of carboxylic acids is 1. The van der Waals surface area contributed by atoms with E-state index < -0.39 is 23.9 Å². The van der Waals surface area contributed by atoms with Gasteiger partial charge in [0.25, 0.3) is 0 Å². The molecule has 1 aromatic heterocycles. The van der Waals surface area contributed by atoms with Gasteiger partial charge in [-0.25, -0.2) is 9.18 Å². The van der Waals surface area contributed by atoms with Crippen LogP contribution in [0.25, 0.3) is 0 Å². The molecule has 0 spiro atoms. The number of halogens is 1. The number of hydrogen-bond donors (Lipinski definition) is 1. The number of carboxylic acid groups (broad SMARTS) is 1. The fourth-order valence-corrected chi connectivity index (χ4v) is 3.88. The molecule has 2 rings (SSSR count). The van der Waals surface area contributed by atoms with Crippen LogP contribution in [0.15, 0.2) is 12.3 Å². The number of ether oxygens (including phenoxy) is 1. The Morgan fingerprint density at radius 3 is 2.67 bits per heavy atom. The second-order valence-corrected chi connectivity index (χ2v) is 7.79. The van der Waals surface area contributed by atoms with E-state index >= 15 is 4.39 Å². The van der Waals surface area contributed by atoms with Gasteiger partial charge < -0.3 is 14.7 Å². The van der Waals surface area contributed by atoms with Crippen molar-refractivity contribution in [3.8, 4) is 11.8 Å². The number of aliphatic carboxylic acids is 1. The Bertz CT molecular complexity index is 833. The molecule has 2 heterocycles. The van der Waals surface area contributed by atoms with E-state index in [4.69, 9.17) is 4.74 Å². The molecule has 3 atom stereocenters. The largest absolute Gasteiger partial charge is 0.480 e. The van der Waals surface area contributed by atoms with E-state index in [-0.39, 0.29) is 35.7 Å². The molecule has 1 aromatic rings. The molecule has 1 amide bonds. The smallest absolute Gasteiger partial charge is 0.327 e.